The topological polar surface area (TPSA) is 61.6 Å². The number of anilines is 2. The number of hydrogen-bond acceptors (Lipinski definition) is 4. The summed E-state index contributed by atoms with van der Waals surface area (Å²) in [4.78, 5) is 17.4. The van der Waals surface area contributed by atoms with Crippen LogP contribution in [0.4, 0.5) is 11.4 Å². The third kappa shape index (κ3) is 4.33. The SMILES string of the molecule is NC1CCC(C(=O)Nc2cccc(N3CCN(CC4CC4)CC3)c2)C1. The van der Waals surface area contributed by atoms with Crippen molar-refractivity contribution in [3.63, 3.8) is 0 Å². The summed E-state index contributed by atoms with van der Waals surface area (Å²) in [5.41, 5.74) is 8.05. The molecule has 25 heavy (non-hydrogen) atoms. The Morgan fingerprint density at radius 1 is 1.12 bits per heavy atom. The van der Waals surface area contributed by atoms with Crippen molar-refractivity contribution in [1.29, 1.82) is 0 Å². The van der Waals surface area contributed by atoms with E-state index < -0.39 is 0 Å². The second kappa shape index (κ2) is 7.34. The molecule has 1 aromatic carbocycles. The van der Waals surface area contributed by atoms with E-state index >= 15 is 0 Å². The summed E-state index contributed by atoms with van der Waals surface area (Å²) in [6.07, 6.45) is 5.54. The van der Waals surface area contributed by atoms with Gasteiger partial charge in [0.25, 0.3) is 0 Å². The molecule has 2 saturated carbocycles. The smallest absolute Gasteiger partial charge is 0.227 e. The highest BCUT2D eigenvalue weighted by Gasteiger charge is 2.28. The number of carbonyl (C=O) groups is 1. The first-order valence-electron chi connectivity index (χ1n) is 9.81. The van der Waals surface area contributed by atoms with E-state index in [1.165, 1.54) is 25.1 Å². The van der Waals surface area contributed by atoms with E-state index in [1.54, 1.807) is 0 Å². The molecule has 1 saturated heterocycles. The van der Waals surface area contributed by atoms with Crippen LogP contribution in [0.3, 0.4) is 0 Å². The Labute approximate surface area is 150 Å². The van der Waals surface area contributed by atoms with Crippen LogP contribution < -0.4 is 16.0 Å². The molecule has 136 valence electrons. The van der Waals surface area contributed by atoms with Gasteiger partial charge in [-0.1, -0.05) is 6.07 Å². The Morgan fingerprint density at radius 2 is 1.92 bits per heavy atom. The molecule has 3 fully saturated rings. The van der Waals surface area contributed by atoms with Crippen molar-refractivity contribution >= 4 is 17.3 Å². The third-order valence-corrected chi connectivity index (χ3v) is 5.91. The number of nitrogens with zero attached hydrogens (tertiary/aromatic N) is 2. The zero-order valence-electron chi connectivity index (χ0n) is 15.0. The van der Waals surface area contributed by atoms with Crippen LogP contribution in [-0.2, 0) is 4.79 Å². The zero-order valence-corrected chi connectivity index (χ0v) is 15.0. The summed E-state index contributed by atoms with van der Waals surface area (Å²) in [7, 11) is 0. The molecule has 0 radical (unpaired) electrons. The Kier molecular flexibility index (Phi) is 4.95. The van der Waals surface area contributed by atoms with E-state index in [2.05, 4.69) is 27.2 Å². The number of rotatable bonds is 5. The fraction of sp³-hybridized carbons (Fsp3) is 0.650. The minimum absolute atomic E-state index is 0.0737. The number of amides is 1. The van der Waals surface area contributed by atoms with Crippen molar-refractivity contribution in [2.24, 2.45) is 17.6 Å². The Hall–Kier alpha value is -1.59. The normalized spacial score (nSPS) is 27.5. The van der Waals surface area contributed by atoms with Gasteiger partial charge in [-0.25, -0.2) is 0 Å². The lowest BCUT2D eigenvalue weighted by Gasteiger charge is -2.36. The van der Waals surface area contributed by atoms with Crippen LogP contribution in [0.1, 0.15) is 32.1 Å². The summed E-state index contributed by atoms with van der Waals surface area (Å²) >= 11 is 0. The predicted molar refractivity (Wildman–Crippen MR) is 102 cm³/mol. The Morgan fingerprint density at radius 3 is 2.60 bits per heavy atom. The zero-order chi connectivity index (χ0) is 17.2. The van der Waals surface area contributed by atoms with E-state index in [9.17, 15) is 4.79 Å². The van der Waals surface area contributed by atoms with Gasteiger partial charge in [-0.3, -0.25) is 9.69 Å². The van der Waals surface area contributed by atoms with Crippen molar-refractivity contribution in [3.05, 3.63) is 24.3 Å². The van der Waals surface area contributed by atoms with Gasteiger partial charge in [0.1, 0.15) is 0 Å². The van der Waals surface area contributed by atoms with E-state index in [1.807, 2.05) is 12.1 Å². The Bertz CT molecular complexity index is 607. The van der Waals surface area contributed by atoms with Crippen LogP contribution in [0.5, 0.6) is 0 Å². The number of benzene rings is 1. The summed E-state index contributed by atoms with van der Waals surface area (Å²) in [5.74, 6) is 1.16. The average Bonchev–Trinajstić information content (AvgIpc) is 3.33. The molecular weight excluding hydrogens is 312 g/mol. The minimum atomic E-state index is 0.0737. The fourth-order valence-corrected chi connectivity index (χ4v) is 4.13. The second-order valence-corrected chi connectivity index (χ2v) is 8.04. The van der Waals surface area contributed by atoms with Crippen molar-refractivity contribution in [2.75, 3.05) is 42.9 Å². The molecule has 1 aromatic rings. The number of nitrogens with two attached hydrogens (primary N) is 1. The van der Waals surface area contributed by atoms with Crippen molar-refractivity contribution < 1.29 is 4.79 Å². The van der Waals surface area contributed by atoms with Gasteiger partial charge in [-0.2, -0.15) is 0 Å². The molecule has 1 amide bonds. The maximum Gasteiger partial charge on any atom is 0.227 e. The molecule has 5 heteroatoms. The number of nitrogens with one attached hydrogen (secondary N) is 1. The van der Waals surface area contributed by atoms with Gasteiger partial charge in [0, 0.05) is 56.1 Å². The Balaban J connectivity index is 1.32. The van der Waals surface area contributed by atoms with Gasteiger partial charge in [0.15, 0.2) is 0 Å². The van der Waals surface area contributed by atoms with Crippen LogP contribution >= 0.6 is 0 Å². The van der Waals surface area contributed by atoms with Crippen molar-refractivity contribution in [1.82, 2.24) is 4.90 Å². The lowest BCUT2D eigenvalue weighted by molar-refractivity contribution is -0.119. The standard InChI is InChI=1S/C20H30N4O/c21-17-7-6-16(12-17)20(25)22-18-2-1-3-19(13-18)24-10-8-23(9-11-24)14-15-4-5-15/h1-3,13,15-17H,4-12,14,21H2,(H,22,25). The number of hydrogen-bond donors (Lipinski definition) is 2. The molecule has 1 aliphatic heterocycles. The van der Waals surface area contributed by atoms with Crippen LogP contribution in [-0.4, -0.2) is 49.6 Å². The van der Waals surface area contributed by atoms with Gasteiger partial charge in [-0.15, -0.1) is 0 Å². The van der Waals surface area contributed by atoms with Crippen LogP contribution in [0, 0.1) is 11.8 Å². The lowest BCUT2D eigenvalue weighted by Crippen LogP contribution is -2.47. The first kappa shape index (κ1) is 16.9. The van der Waals surface area contributed by atoms with Gasteiger partial charge in [0.2, 0.25) is 5.91 Å². The molecule has 2 atom stereocenters. The van der Waals surface area contributed by atoms with Gasteiger partial charge in [-0.05, 0) is 56.2 Å². The quantitative estimate of drug-likeness (QED) is 0.862. The van der Waals surface area contributed by atoms with Crippen molar-refractivity contribution in [3.8, 4) is 0 Å². The predicted octanol–water partition coefficient (Wildman–Crippen LogP) is 2.28. The van der Waals surface area contributed by atoms with Crippen LogP contribution in [0.25, 0.3) is 0 Å². The van der Waals surface area contributed by atoms with Gasteiger partial charge < -0.3 is 16.0 Å². The first-order valence-corrected chi connectivity index (χ1v) is 9.81. The summed E-state index contributed by atoms with van der Waals surface area (Å²) in [6.45, 7) is 5.72. The highest BCUT2D eigenvalue weighted by atomic mass is 16.1. The summed E-state index contributed by atoms with van der Waals surface area (Å²) < 4.78 is 0. The molecule has 2 aliphatic carbocycles. The van der Waals surface area contributed by atoms with Gasteiger partial charge in [0.05, 0.1) is 0 Å². The third-order valence-electron chi connectivity index (χ3n) is 5.91. The molecule has 1 heterocycles. The van der Waals surface area contributed by atoms with Crippen LogP contribution in [0.2, 0.25) is 0 Å². The fourth-order valence-electron chi connectivity index (χ4n) is 4.13. The summed E-state index contributed by atoms with van der Waals surface area (Å²) in [5, 5.41) is 3.10. The molecule has 2 unspecified atom stereocenters. The second-order valence-electron chi connectivity index (χ2n) is 8.04. The molecule has 0 bridgehead atoms. The molecule has 0 aromatic heterocycles. The highest BCUT2D eigenvalue weighted by molar-refractivity contribution is 5.93. The highest BCUT2D eigenvalue weighted by Crippen LogP contribution is 2.30. The molecule has 0 spiro atoms. The molecule has 3 N–H and O–H groups in total. The van der Waals surface area contributed by atoms with E-state index in [4.69, 9.17) is 5.73 Å². The van der Waals surface area contributed by atoms with E-state index in [0.29, 0.717) is 0 Å². The molecular formula is C20H30N4O. The molecule has 3 aliphatic rings. The molecule has 4 rings (SSSR count). The van der Waals surface area contributed by atoms with E-state index in [0.717, 1.165) is 57.0 Å². The summed E-state index contributed by atoms with van der Waals surface area (Å²) in [6, 6.07) is 8.48. The molecule has 5 nitrogen and oxygen atoms in total. The monoisotopic (exact) mass is 342 g/mol. The van der Waals surface area contributed by atoms with Crippen LogP contribution in [0.15, 0.2) is 24.3 Å². The van der Waals surface area contributed by atoms with E-state index in [-0.39, 0.29) is 17.9 Å². The van der Waals surface area contributed by atoms with Gasteiger partial charge >= 0.3 is 0 Å². The maximum absolute atomic E-state index is 12.4. The number of carbonyl (C=O) groups excluding carboxylic acids is 1. The first-order chi connectivity index (χ1) is 12.2. The van der Waals surface area contributed by atoms with Crippen molar-refractivity contribution in [2.45, 2.75) is 38.1 Å². The maximum atomic E-state index is 12.4. The largest absolute Gasteiger partial charge is 0.369 e. The number of piperazine rings is 1. The minimum Gasteiger partial charge on any atom is -0.369 e. The lowest BCUT2D eigenvalue weighted by atomic mass is 10.1. The average molecular weight is 342 g/mol.